The zero-order chi connectivity index (χ0) is 25.4. The number of hydrogen-bond acceptors (Lipinski definition) is 8. The Labute approximate surface area is 213 Å². The summed E-state index contributed by atoms with van der Waals surface area (Å²) in [7, 11) is 2.13. The van der Waals surface area contributed by atoms with Crippen molar-refractivity contribution >= 4 is 22.1 Å². The van der Waals surface area contributed by atoms with E-state index in [2.05, 4.69) is 26.8 Å². The van der Waals surface area contributed by atoms with Crippen LogP contribution in [0.1, 0.15) is 5.76 Å². The van der Waals surface area contributed by atoms with Crippen LogP contribution >= 0.6 is 0 Å². The molecule has 0 unspecified atom stereocenters. The van der Waals surface area contributed by atoms with Gasteiger partial charge in [-0.15, -0.1) is 0 Å². The number of ether oxygens (including phenoxy) is 1. The second kappa shape index (κ2) is 9.76. The van der Waals surface area contributed by atoms with Crippen molar-refractivity contribution in [1.82, 2.24) is 29.7 Å². The highest BCUT2D eigenvalue weighted by Gasteiger charge is 2.19. The van der Waals surface area contributed by atoms with Crippen molar-refractivity contribution < 1.29 is 9.15 Å². The number of pyridine rings is 2. The lowest BCUT2D eigenvalue weighted by molar-refractivity contribution is 0.133. The summed E-state index contributed by atoms with van der Waals surface area (Å²) in [5.74, 6) is 1.59. The van der Waals surface area contributed by atoms with Crippen LogP contribution in [0.2, 0.25) is 0 Å². The number of nitrogens with one attached hydrogen (secondary N) is 1. The first-order valence-corrected chi connectivity index (χ1v) is 12.4. The van der Waals surface area contributed by atoms with Crippen LogP contribution in [0.4, 0.5) is 0 Å². The molecule has 9 heteroatoms. The van der Waals surface area contributed by atoms with E-state index in [9.17, 15) is 4.79 Å². The van der Waals surface area contributed by atoms with Crippen molar-refractivity contribution in [3.8, 4) is 28.5 Å². The normalized spacial score (nSPS) is 15.0. The number of nitrogens with zero attached hydrogens (tertiary/aromatic N) is 5. The smallest absolute Gasteiger partial charge is 0.292 e. The number of aromatic amines is 1. The lowest BCUT2D eigenvalue weighted by Crippen LogP contribution is -2.45. The second-order valence-electron chi connectivity index (χ2n) is 9.43. The van der Waals surface area contributed by atoms with Gasteiger partial charge in [-0.3, -0.25) is 14.7 Å². The quantitative estimate of drug-likeness (QED) is 0.380. The van der Waals surface area contributed by atoms with Gasteiger partial charge in [-0.05, 0) is 44.3 Å². The number of aromatic nitrogens is 4. The molecule has 1 fully saturated rings. The third kappa shape index (κ3) is 4.83. The lowest BCUT2D eigenvalue weighted by atomic mass is 10.1. The van der Waals surface area contributed by atoms with Crippen LogP contribution in [0.3, 0.4) is 0 Å². The summed E-state index contributed by atoms with van der Waals surface area (Å²) in [6.07, 6.45) is 1.77. The molecular weight excluding hydrogens is 468 g/mol. The zero-order valence-corrected chi connectivity index (χ0v) is 20.9. The highest BCUT2D eigenvalue weighted by Crippen LogP contribution is 2.33. The number of fused-ring (bicyclic) bond motifs is 2. The molecule has 1 aliphatic rings. The minimum atomic E-state index is -0.328. The summed E-state index contributed by atoms with van der Waals surface area (Å²) in [4.78, 5) is 34.5. The number of benzene rings is 1. The molecule has 37 heavy (non-hydrogen) atoms. The molecule has 5 heterocycles. The summed E-state index contributed by atoms with van der Waals surface area (Å²) in [6, 6.07) is 15.3. The summed E-state index contributed by atoms with van der Waals surface area (Å²) >= 11 is 0. The summed E-state index contributed by atoms with van der Waals surface area (Å²) < 4.78 is 11.8. The molecule has 1 aromatic carbocycles. The van der Waals surface area contributed by atoms with Crippen LogP contribution in [-0.2, 0) is 0 Å². The van der Waals surface area contributed by atoms with Gasteiger partial charge in [0.2, 0.25) is 0 Å². The maximum absolute atomic E-state index is 12.8. The molecule has 0 spiro atoms. The van der Waals surface area contributed by atoms with Crippen LogP contribution in [0.25, 0.3) is 44.8 Å². The van der Waals surface area contributed by atoms with Crippen LogP contribution in [0.15, 0.2) is 63.9 Å². The van der Waals surface area contributed by atoms with Gasteiger partial charge in [0, 0.05) is 55.9 Å². The van der Waals surface area contributed by atoms with Crippen molar-refractivity contribution in [3.63, 3.8) is 0 Å². The van der Waals surface area contributed by atoms with Gasteiger partial charge in [-0.1, -0.05) is 12.1 Å². The van der Waals surface area contributed by atoms with Crippen molar-refractivity contribution in [2.24, 2.45) is 0 Å². The average molecular weight is 497 g/mol. The largest absolute Gasteiger partial charge is 0.486 e. The number of aryl methyl sites for hydroxylation is 1. The fourth-order valence-electron chi connectivity index (χ4n) is 4.62. The molecule has 1 N–H and O–H groups in total. The molecule has 0 atom stereocenters. The molecule has 1 saturated heterocycles. The van der Waals surface area contributed by atoms with Gasteiger partial charge in [0.1, 0.15) is 29.3 Å². The van der Waals surface area contributed by atoms with Crippen molar-refractivity contribution in [2.75, 3.05) is 46.4 Å². The topological polar surface area (TPSA) is 100 Å². The van der Waals surface area contributed by atoms with E-state index in [1.54, 1.807) is 12.3 Å². The third-order valence-electron chi connectivity index (χ3n) is 6.76. The van der Waals surface area contributed by atoms with Crippen LogP contribution in [0.5, 0.6) is 5.75 Å². The SMILES string of the molecule is Cc1ccc(-c2nc3[nH]c(=O)c(OCCN4CCN(C)CC4)cc3nc2-c2ccc3ncccc3c2)o1. The number of rotatable bonds is 6. The number of hydrogen-bond donors (Lipinski definition) is 1. The average Bonchev–Trinajstić information content (AvgIpc) is 3.35. The van der Waals surface area contributed by atoms with Gasteiger partial charge in [-0.2, -0.15) is 0 Å². The Kier molecular flexibility index (Phi) is 6.15. The van der Waals surface area contributed by atoms with Crippen molar-refractivity contribution in [1.29, 1.82) is 0 Å². The van der Waals surface area contributed by atoms with Crippen molar-refractivity contribution in [2.45, 2.75) is 6.92 Å². The number of piperazine rings is 1. The van der Waals surface area contributed by atoms with E-state index in [0.717, 1.165) is 55.0 Å². The highest BCUT2D eigenvalue weighted by atomic mass is 16.5. The Bertz CT molecular complexity index is 1630. The maximum atomic E-state index is 12.8. The number of H-pyrrole nitrogens is 1. The van der Waals surface area contributed by atoms with E-state index in [4.69, 9.17) is 19.1 Å². The molecular formula is C28H28N6O3. The molecule has 6 rings (SSSR count). The van der Waals surface area contributed by atoms with E-state index in [0.29, 0.717) is 34.9 Å². The predicted molar refractivity (Wildman–Crippen MR) is 143 cm³/mol. The number of furan rings is 1. The molecule has 188 valence electrons. The minimum absolute atomic E-state index is 0.242. The Balaban J connectivity index is 1.37. The van der Waals surface area contributed by atoms with E-state index in [1.807, 2.05) is 49.4 Å². The van der Waals surface area contributed by atoms with Gasteiger partial charge in [0.15, 0.2) is 17.2 Å². The van der Waals surface area contributed by atoms with E-state index >= 15 is 0 Å². The fourth-order valence-corrected chi connectivity index (χ4v) is 4.62. The fraction of sp³-hybridized carbons (Fsp3) is 0.286. The molecule has 9 nitrogen and oxygen atoms in total. The Hall–Kier alpha value is -4.08. The lowest BCUT2D eigenvalue weighted by Gasteiger charge is -2.32. The predicted octanol–water partition coefficient (Wildman–Crippen LogP) is 3.73. The van der Waals surface area contributed by atoms with Crippen LogP contribution in [0, 0.1) is 6.92 Å². The first kappa shape index (κ1) is 23.3. The summed E-state index contributed by atoms with van der Waals surface area (Å²) in [6.45, 7) is 7.16. The highest BCUT2D eigenvalue weighted by molar-refractivity contribution is 5.89. The van der Waals surface area contributed by atoms with Gasteiger partial charge < -0.3 is 19.0 Å². The first-order chi connectivity index (χ1) is 18.0. The Morgan fingerprint density at radius 3 is 2.68 bits per heavy atom. The molecule has 0 saturated carbocycles. The van der Waals surface area contributed by atoms with E-state index < -0.39 is 0 Å². The Morgan fingerprint density at radius 1 is 1.00 bits per heavy atom. The first-order valence-electron chi connectivity index (χ1n) is 12.4. The maximum Gasteiger partial charge on any atom is 0.292 e. The van der Waals surface area contributed by atoms with Crippen LogP contribution < -0.4 is 10.3 Å². The van der Waals surface area contributed by atoms with Gasteiger partial charge in [0.05, 0.1) is 5.52 Å². The standard InChI is InChI=1S/C28H28N6O3/c1-18-5-8-23(37-18)26-25(20-6-7-21-19(16-20)4-3-9-29-21)30-22-17-24(28(35)32-27(22)31-26)36-15-14-34-12-10-33(2)11-13-34/h3-9,16-17H,10-15H2,1-2H3,(H,31,32,35). The third-order valence-corrected chi connectivity index (χ3v) is 6.76. The molecule has 0 bridgehead atoms. The molecule has 0 amide bonds. The number of likely N-dealkylation sites (N-methyl/N-ethyl adjacent to an activating group) is 1. The monoisotopic (exact) mass is 496 g/mol. The summed E-state index contributed by atoms with van der Waals surface area (Å²) in [5.41, 5.74) is 3.59. The zero-order valence-electron chi connectivity index (χ0n) is 20.9. The summed E-state index contributed by atoms with van der Waals surface area (Å²) in [5, 5.41) is 0.998. The van der Waals surface area contributed by atoms with Crippen molar-refractivity contribution in [3.05, 3.63) is 70.8 Å². The van der Waals surface area contributed by atoms with E-state index in [1.165, 1.54) is 0 Å². The Morgan fingerprint density at radius 2 is 1.86 bits per heavy atom. The van der Waals surface area contributed by atoms with Gasteiger partial charge in [-0.25, -0.2) is 9.97 Å². The molecule has 0 radical (unpaired) electrons. The molecule has 0 aliphatic carbocycles. The molecule has 4 aromatic heterocycles. The van der Waals surface area contributed by atoms with E-state index in [-0.39, 0.29) is 11.3 Å². The second-order valence-corrected chi connectivity index (χ2v) is 9.43. The van der Waals surface area contributed by atoms with Gasteiger partial charge in [0.25, 0.3) is 5.56 Å². The van der Waals surface area contributed by atoms with Crippen LogP contribution in [-0.4, -0.2) is 76.1 Å². The molecule has 1 aliphatic heterocycles. The minimum Gasteiger partial charge on any atom is -0.486 e. The molecule has 5 aromatic rings. The van der Waals surface area contributed by atoms with Gasteiger partial charge >= 0.3 is 0 Å².